The molecule has 0 aliphatic carbocycles. The van der Waals surface area contributed by atoms with E-state index in [9.17, 15) is 9.59 Å². The number of imidazole rings is 1. The first-order chi connectivity index (χ1) is 14.6. The van der Waals surface area contributed by atoms with E-state index in [4.69, 9.17) is 4.74 Å². The van der Waals surface area contributed by atoms with Gasteiger partial charge >= 0.3 is 0 Å². The number of likely N-dealkylation sites (tertiary alicyclic amines) is 1. The maximum absolute atomic E-state index is 13.0. The Morgan fingerprint density at radius 1 is 1.30 bits per heavy atom. The summed E-state index contributed by atoms with van der Waals surface area (Å²) >= 11 is 0. The molecular formula is C23H28N4O3. The minimum atomic E-state index is -0.0367. The second-order valence-electron chi connectivity index (χ2n) is 8.79. The lowest BCUT2D eigenvalue weighted by Crippen LogP contribution is -2.66. The van der Waals surface area contributed by atoms with Crippen LogP contribution in [0.2, 0.25) is 0 Å². The van der Waals surface area contributed by atoms with Gasteiger partial charge in [-0.1, -0.05) is 12.1 Å². The van der Waals surface area contributed by atoms with Crippen molar-refractivity contribution in [1.29, 1.82) is 0 Å². The Bertz CT molecular complexity index is 928. The summed E-state index contributed by atoms with van der Waals surface area (Å²) in [4.78, 5) is 37.2. The molecule has 7 nitrogen and oxygen atoms in total. The number of amides is 2. The molecule has 2 amide bonds. The van der Waals surface area contributed by atoms with E-state index in [1.54, 1.807) is 19.5 Å². The number of benzene rings is 1. The van der Waals surface area contributed by atoms with Crippen LogP contribution in [0.5, 0.6) is 5.75 Å². The van der Waals surface area contributed by atoms with Gasteiger partial charge in [0.15, 0.2) is 5.82 Å². The molecule has 3 fully saturated rings. The number of fused-ring (bicyclic) bond motifs is 4. The van der Waals surface area contributed by atoms with E-state index in [0.717, 1.165) is 31.4 Å². The molecule has 158 valence electrons. The van der Waals surface area contributed by atoms with Crippen molar-refractivity contribution < 1.29 is 14.3 Å². The first-order valence-corrected chi connectivity index (χ1v) is 10.9. The quantitative estimate of drug-likeness (QED) is 0.843. The number of methoxy groups -OCH3 is 1. The van der Waals surface area contributed by atoms with Gasteiger partial charge in [-0.15, -0.1) is 0 Å². The maximum atomic E-state index is 13.0. The average Bonchev–Trinajstić information content (AvgIpc) is 3.31. The molecule has 3 saturated heterocycles. The lowest BCUT2D eigenvalue weighted by molar-refractivity contribution is -0.151. The molecule has 30 heavy (non-hydrogen) atoms. The molecule has 4 atom stereocenters. The highest BCUT2D eigenvalue weighted by Crippen LogP contribution is 2.42. The fourth-order valence-electron chi connectivity index (χ4n) is 5.78. The van der Waals surface area contributed by atoms with Crippen molar-refractivity contribution in [2.75, 3.05) is 20.2 Å². The van der Waals surface area contributed by atoms with Crippen molar-refractivity contribution in [3.63, 3.8) is 0 Å². The highest BCUT2D eigenvalue weighted by Gasteiger charge is 2.50. The second-order valence-corrected chi connectivity index (χ2v) is 8.79. The van der Waals surface area contributed by atoms with Crippen molar-refractivity contribution >= 4 is 11.8 Å². The summed E-state index contributed by atoms with van der Waals surface area (Å²) < 4.78 is 5.40. The number of nitrogens with one attached hydrogen (secondary N) is 1. The Kier molecular flexibility index (Phi) is 4.97. The molecule has 2 aromatic rings. The number of aromatic amines is 1. The van der Waals surface area contributed by atoms with Gasteiger partial charge in [0.1, 0.15) is 5.75 Å². The van der Waals surface area contributed by atoms with Crippen LogP contribution >= 0.6 is 0 Å². The number of rotatable bonds is 4. The van der Waals surface area contributed by atoms with Gasteiger partial charge in [0, 0.05) is 44.0 Å². The van der Waals surface area contributed by atoms with Crippen LogP contribution in [0.3, 0.4) is 0 Å². The smallest absolute Gasteiger partial charge is 0.289 e. The molecular weight excluding hydrogens is 380 g/mol. The van der Waals surface area contributed by atoms with Crippen LogP contribution in [0.15, 0.2) is 36.7 Å². The zero-order valence-corrected chi connectivity index (χ0v) is 17.3. The molecule has 0 saturated carbocycles. The molecule has 1 aromatic heterocycles. The third-order valence-electron chi connectivity index (χ3n) is 7.06. The zero-order valence-electron chi connectivity index (χ0n) is 17.3. The standard InChI is InChI=1S/C23H28N4O3/c1-30-18-5-2-4-15(10-18)11-20-17-12-16(19-6-3-7-21(28)27(19)20)13-26(14-17)23(29)22-24-8-9-25-22/h2,4-5,8-10,16-17,19-20H,3,6-7,11-14H2,1H3,(H,24,25)/t16-,17+,19+,20+/m1/s1. The van der Waals surface area contributed by atoms with Crippen LogP contribution < -0.4 is 4.74 Å². The Balaban J connectivity index is 1.44. The Morgan fingerprint density at radius 2 is 2.17 bits per heavy atom. The molecule has 3 aliphatic heterocycles. The lowest BCUT2D eigenvalue weighted by Gasteiger charge is -2.56. The van der Waals surface area contributed by atoms with Gasteiger partial charge in [-0.25, -0.2) is 4.98 Å². The van der Waals surface area contributed by atoms with Gasteiger partial charge in [-0.2, -0.15) is 0 Å². The van der Waals surface area contributed by atoms with E-state index in [2.05, 4.69) is 27.0 Å². The van der Waals surface area contributed by atoms with E-state index in [0.29, 0.717) is 31.3 Å². The molecule has 0 unspecified atom stereocenters. The van der Waals surface area contributed by atoms with Crippen molar-refractivity contribution in [2.24, 2.45) is 11.8 Å². The Hall–Kier alpha value is -2.83. The molecule has 1 N–H and O–H groups in total. The van der Waals surface area contributed by atoms with E-state index < -0.39 is 0 Å². The first kappa shape index (κ1) is 19.2. The number of aromatic nitrogens is 2. The zero-order chi connectivity index (χ0) is 20.7. The van der Waals surface area contributed by atoms with Crippen LogP contribution in [0, 0.1) is 11.8 Å². The topological polar surface area (TPSA) is 78.5 Å². The largest absolute Gasteiger partial charge is 0.497 e. The van der Waals surface area contributed by atoms with Gasteiger partial charge in [-0.05, 0) is 55.2 Å². The molecule has 0 spiro atoms. The number of carbonyl (C=O) groups excluding carboxylic acids is 2. The summed E-state index contributed by atoms with van der Waals surface area (Å²) in [6.45, 7) is 1.37. The monoisotopic (exact) mass is 408 g/mol. The molecule has 4 heterocycles. The van der Waals surface area contributed by atoms with Crippen molar-refractivity contribution in [1.82, 2.24) is 19.8 Å². The lowest BCUT2D eigenvalue weighted by atomic mass is 9.70. The van der Waals surface area contributed by atoms with E-state index in [1.807, 2.05) is 17.0 Å². The summed E-state index contributed by atoms with van der Waals surface area (Å²) in [6, 6.07) is 8.45. The third kappa shape index (κ3) is 3.36. The highest BCUT2D eigenvalue weighted by molar-refractivity contribution is 5.90. The SMILES string of the molecule is COc1cccc(C[C@H]2[C@H]3C[C@H](CN(C(=O)c4ncc[nH]4)C3)[C@@H]3CCCC(=O)N32)c1. The third-order valence-corrected chi connectivity index (χ3v) is 7.06. The molecule has 2 bridgehead atoms. The molecule has 1 aromatic carbocycles. The Labute approximate surface area is 176 Å². The number of H-pyrrole nitrogens is 1. The summed E-state index contributed by atoms with van der Waals surface area (Å²) in [5, 5.41) is 0. The van der Waals surface area contributed by atoms with Gasteiger partial charge in [0.2, 0.25) is 5.91 Å². The summed E-state index contributed by atoms with van der Waals surface area (Å²) in [6.07, 6.45) is 7.78. The van der Waals surface area contributed by atoms with Crippen LogP contribution in [-0.2, 0) is 11.2 Å². The van der Waals surface area contributed by atoms with Crippen molar-refractivity contribution in [3.8, 4) is 5.75 Å². The van der Waals surface area contributed by atoms with Crippen LogP contribution in [0.25, 0.3) is 0 Å². The van der Waals surface area contributed by atoms with Crippen LogP contribution in [0.1, 0.15) is 41.9 Å². The van der Waals surface area contributed by atoms with Gasteiger partial charge in [0.05, 0.1) is 7.11 Å². The Morgan fingerprint density at radius 3 is 2.97 bits per heavy atom. The average molecular weight is 409 g/mol. The summed E-state index contributed by atoms with van der Waals surface area (Å²) in [5.74, 6) is 2.09. The van der Waals surface area contributed by atoms with E-state index >= 15 is 0 Å². The van der Waals surface area contributed by atoms with Crippen molar-refractivity contribution in [2.45, 2.75) is 44.2 Å². The highest BCUT2D eigenvalue weighted by atomic mass is 16.5. The van der Waals surface area contributed by atoms with Crippen LogP contribution in [-0.4, -0.2) is 63.9 Å². The number of hydrogen-bond acceptors (Lipinski definition) is 4. The maximum Gasteiger partial charge on any atom is 0.289 e. The molecule has 0 radical (unpaired) electrons. The predicted molar refractivity (Wildman–Crippen MR) is 111 cm³/mol. The van der Waals surface area contributed by atoms with Gasteiger partial charge in [0.25, 0.3) is 5.91 Å². The first-order valence-electron chi connectivity index (χ1n) is 10.9. The van der Waals surface area contributed by atoms with Gasteiger partial charge < -0.3 is 19.5 Å². The summed E-state index contributed by atoms with van der Waals surface area (Å²) in [5.41, 5.74) is 1.17. The van der Waals surface area contributed by atoms with E-state index in [-0.39, 0.29) is 29.8 Å². The van der Waals surface area contributed by atoms with Crippen LogP contribution in [0.4, 0.5) is 0 Å². The minimum Gasteiger partial charge on any atom is -0.497 e. The summed E-state index contributed by atoms with van der Waals surface area (Å²) in [7, 11) is 1.67. The fraction of sp³-hybridized carbons (Fsp3) is 0.522. The number of ether oxygens (including phenoxy) is 1. The predicted octanol–water partition coefficient (Wildman–Crippen LogP) is 2.50. The fourth-order valence-corrected chi connectivity index (χ4v) is 5.78. The van der Waals surface area contributed by atoms with Gasteiger partial charge in [-0.3, -0.25) is 9.59 Å². The minimum absolute atomic E-state index is 0.0367. The van der Waals surface area contributed by atoms with E-state index in [1.165, 1.54) is 5.56 Å². The molecule has 5 rings (SSSR count). The number of piperidine rings is 3. The second kappa shape index (κ2) is 7.78. The normalized spacial score (nSPS) is 28.2. The molecule has 3 aliphatic rings. The number of hydrogen-bond donors (Lipinski definition) is 1. The van der Waals surface area contributed by atoms with Crippen molar-refractivity contribution in [3.05, 3.63) is 48.0 Å². The molecule has 7 heteroatoms. The number of carbonyl (C=O) groups is 2. The number of nitrogens with zero attached hydrogens (tertiary/aromatic N) is 3.